The fourth-order valence-corrected chi connectivity index (χ4v) is 4.33. The second kappa shape index (κ2) is 9.18. The highest BCUT2D eigenvalue weighted by Gasteiger charge is 2.29. The highest BCUT2D eigenvalue weighted by molar-refractivity contribution is 8.14. The molecule has 0 radical (unpaired) electrons. The van der Waals surface area contributed by atoms with Crippen molar-refractivity contribution in [1.82, 2.24) is 0 Å². The van der Waals surface area contributed by atoms with Crippen molar-refractivity contribution in [2.45, 2.75) is 77.3 Å². The van der Waals surface area contributed by atoms with Gasteiger partial charge in [-0.2, -0.15) is 0 Å². The van der Waals surface area contributed by atoms with Crippen LogP contribution in [0.5, 0.6) is 0 Å². The Morgan fingerprint density at radius 1 is 1.17 bits per heavy atom. The van der Waals surface area contributed by atoms with Crippen molar-refractivity contribution in [2.75, 3.05) is 0 Å². The van der Waals surface area contributed by atoms with Gasteiger partial charge in [-0.05, 0) is 32.1 Å². The Hall–Kier alpha value is -0.623. The van der Waals surface area contributed by atoms with E-state index >= 15 is 0 Å². The highest BCUT2D eigenvalue weighted by Crippen LogP contribution is 2.27. The molecule has 24 heavy (non-hydrogen) atoms. The summed E-state index contributed by atoms with van der Waals surface area (Å²) in [7, 11) is -1.76. The van der Waals surface area contributed by atoms with Crippen LogP contribution in [0.4, 0.5) is 0 Å². The monoisotopic (exact) mass is 368 g/mol. The van der Waals surface area contributed by atoms with Gasteiger partial charge in [0.2, 0.25) is 0 Å². The van der Waals surface area contributed by atoms with Crippen LogP contribution in [0.25, 0.3) is 0 Å². The number of rotatable bonds is 8. The number of hydrogen-bond donors (Lipinski definition) is 0. The van der Waals surface area contributed by atoms with Crippen LogP contribution in [-0.2, 0) is 20.6 Å². The maximum absolute atomic E-state index is 12.4. The minimum absolute atomic E-state index is 0.0745. The van der Waals surface area contributed by atoms with E-state index < -0.39 is 8.32 Å². The smallest absolute Gasteiger partial charge is 0.192 e. The maximum atomic E-state index is 12.4. The van der Waals surface area contributed by atoms with Crippen LogP contribution in [0.1, 0.15) is 39.7 Å². The van der Waals surface area contributed by atoms with E-state index in [4.69, 9.17) is 9.16 Å². The number of ether oxygens (including phenoxy) is 1. The molecule has 0 aromatic heterocycles. The summed E-state index contributed by atoms with van der Waals surface area (Å²) in [6, 6.07) is 10.1. The van der Waals surface area contributed by atoms with Gasteiger partial charge in [-0.3, -0.25) is 4.79 Å². The van der Waals surface area contributed by atoms with Gasteiger partial charge < -0.3 is 9.16 Å². The molecule has 0 saturated heterocycles. The molecule has 2 atom stereocenters. The molecule has 3 nitrogen and oxygen atoms in total. The van der Waals surface area contributed by atoms with E-state index in [1.54, 1.807) is 0 Å². The first-order valence-corrected chi connectivity index (χ1v) is 12.7. The molecule has 1 aromatic carbocycles. The summed E-state index contributed by atoms with van der Waals surface area (Å²) in [5.74, 6) is 0. The molecule has 1 rings (SSSR count). The molecule has 0 aliphatic rings. The minimum atomic E-state index is -1.76. The molecule has 0 fully saturated rings. The Labute approximate surface area is 152 Å². The quantitative estimate of drug-likeness (QED) is 0.586. The Balaban J connectivity index is 2.68. The van der Waals surface area contributed by atoms with Crippen molar-refractivity contribution in [3.63, 3.8) is 0 Å². The number of hydrogen-bond acceptors (Lipinski definition) is 4. The number of benzene rings is 1. The van der Waals surface area contributed by atoms with Crippen LogP contribution in [-0.4, -0.2) is 30.4 Å². The SMILES string of the molecule is C[C@@H](OCc1ccccc1)[C@@H](CC(=O)SC(C)(C)C)O[Si](C)(C)C. The number of carbonyl (C=O) groups excluding carboxylic acids is 1. The third kappa shape index (κ3) is 9.62. The van der Waals surface area contributed by atoms with E-state index in [1.807, 2.05) is 37.3 Å². The Morgan fingerprint density at radius 3 is 2.25 bits per heavy atom. The fourth-order valence-electron chi connectivity index (χ4n) is 2.21. The second-order valence-electron chi connectivity index (χ2n) is 8.06. The van der Waals surface area contributed by atoms with E-state index in [0.717, 1.165) is 5.56 Å². The van der Waals surface area contributed by atoms with E-state index in [9.17, 15) is 4.79 Å². The Morgan fingerprint density at radius 2 is 1.75 bits per heavy atom. The van der Waals surface area contributed by atoms with Crippen LogP contribution in [0.2, 0.25) is 19.6 Å². The van der Waals surface area contributed by atoms with E-state index in [0.29, 0.717) is 13.0 Å². The standard InChI is InChI=1S/C19H32O3SSi/c1-15(21-14-16-11-9-8-10-12-16)17(22-24(5,6)7)13-18(20)23-19(2,3)4/h8-12,15,17H,13-14H2,1-7H3/t15-,17-/m1/s1. The summed E-state index contributed by atoms with van der Waals surface area (Å²) >= 11 is 1.38. The van der Waals surface area contributed by atoms with Crippen molar-refractivity contribution < 1.29 is 14.0 Å². The van der Waals surface area contributed by atoms with Crippen LogP contribution in [0.15, 0.2) is 30.3 Å². The molecule has 0 unspecified atom stereocenters. The van der Waals surface area contributed by atoms with Gasteiger partial charge in [-0.15, -0.1) is 0 Å². The van der Waals surface area contributed by atoms with Crippen LogP contribution < -0.4 is 0 Å². The predicted octanol–water partition coefficient (Wildman–Crippen LogP) is 5.26. The van der Waals surface area contributed by atoms with Gasteiger partial charge in [0.05, 0.1) is 18.8 Å². The lowest BCUT2D eigenvalue weighted by atomic mass is 10.1. The lowest BCUT2D eigenvalue weighted by Gasteiger charge is -2.31. The summed E-state index contributed by atoms with van der Waals surface area (Å²) in [5, 5.41) is 0.168. The average Bonchev–Trinajstić information content (AvgIpc) is 2.41. The van der Waals surface area contributed by atoms with Gasteiger partial charge in [0.1, 0.15) is 0 Å². The third-order valence-electron chi connectivity index (χ3n) is 3.17. The summed E-state index contributed by atoms with van der Waals surface area (Å²) in [5.41, 5.74) is 1.13. The van der Waals surface area contributed by atoms with Gasteiger partial charge in [-0.1, -0.05) is 62.9 Å². The molecular formula is C19H32O3SSi. The zero-order valence-electron chi connectivity index (χ0n) is 16.1. The topological polar surface area (TPSA) is 35.5 Å². The first-order valence-electron chi connectivity index (χ1n) is 8.51. The summed E-state index contributed by atoms with van der Waals surface area (Å²) < 4.78 is 12.2. The number of carbonyl (C=O) groups is 1. The molecule has 0 bridgehead atoms. The summed E-state index contributed by atoms with van der Waals surface area (Å²) in [4.78, 5) is 12.4. The minimum Gasteiger partial charge on any atom is -0.412 e. The second-order valence-corrected chi connectivity index (χ2v) is 14.4. The molecule has 0 aliphatic heterocycles. The molecule has 0 heterocycles. The lowest BCUT2D eigenvalue weighted by molar-refractivity contribution is -0.115. The molecule has 0 amide bonds. The predicted molar refractivity (Wildman–Crippen MR) is 106 cm³/mol. The van der Waals surface area contributed by atoms with E-state index in [1.165, 1.54) is 11.8 Å². The van der Waals surface area contributed by atoms with Crippen molar-refractivity contribution in [3.8, 4) is 0 Å². The highest BCUT2D eigenvalue weighted by atomic mass is 32.2. The van der Waals surface area contributed by atoms with Crippen LogP contribution in [0, 0.1) is 0 Å². The largest absolute Gasteiger partial charge is 0.412 e. The summed E-state index contributed by atoms with van der Waals surface area (Å²) in [6.07, 6.45) is 0.0755. The van der Waals surface area contributed by atoms with Crippen LogP contribution >= 0.6 is 11.8 Å². The van der Waals surface area contributed by atoms with Gasteiger partial charge >= 0.3 is 0 Å². The van der Waals surface area contributed by atoms with E-state index in [-0.39, 0.29) is 22.1 Å². The van der Waals surface area contributed by atoms with Gasteiger partial charge in [0, 0.05) is 11.2 Å². The lowest BCUT2D eigenvalue weighted by Crippen LogP contribution is -2.40. The molecule has 1 aromatic rings. The fraction of sp³-hybridized carbons (Fsp3) is 0.632. The Bertz CT molecular complexity index is 506. The van der Waals surface area contributed by atoms with Crippen molar-refractivity contribution in [1.29, 1.82) is 0 Å². The first-order chi connectivity index (χ1) is 11.0. The van der Waals surface area contributed by atoms with Crippen molar-refractivity contribution in [3.05, 3.63) is 35.9 Å². The van der Waals surface area contributed by atoms with Gasteiger partial charge in [0.25, 0.3) is 0 Å². The maximum Gasteiger partial charge on any atom is 0.192 e. The van der Waals surface area contributed by atoms with E-state index in [2.05, 4.69) is 40.4 Å². The third-order valence-corrected chi connectivity index (χ3v) is 5.19. The molecule has 0 aliphatic carbocycles. The van der Waals surface area contributed by atoms with Gasteiger partial charge in [0.15, 0.2) is 13.4 Å². The zero-order chi connectivity index (χ0) is 18.4. The first kappa shape index (κ1) is 21.4. The zero-order valence-corrected chi connectivity index (χ0v) is 17.9. The average molecular weight is 369 g/mol. The Kier molecular flexibility index (Phi) is 8.19. The molecule has 0 N–H and O–H groups in total. The molecule has 0 spiro atoms. The molecular weight excluding hydrogens is 336 g/mol. The number of thioether (sulfide) groups is 1. The molecule has 0 saturated carbocycles. The van der Waals surface area contributed by atoms with Gasteiger partial charge in [-0.25, -0.2) is 0 Å². The van der Waals surface area contributed by atoms with Crippen molar-refractivity contribution >= 4 is 25.2 Å². The normalized spacial score (nSPS) is 15.1. The van der Waals surface area contributed by atoms with Crippen molar-refractivity contribution in [2.24, 2.45) is 0 Å². The van der Waals surface area contributed by atoms with Crippen LogP contribution in [0.3, 0.4) is 0 Å². The molecule has 136 valence electrons. The summed E-state index contributed by atoms with van der Waals surface area (Å²) in [6.45, 7) is 15.1. The molecule has 5 heteroatoms.